The first-order valence-corrected chi connectivity index (χ1v) is 6.15. The topological polar surface area (TPSA) is 65.1 Å². The Kier molecular flexibility index (Phi) is 10.3. The van der Waals surface area contributed by atoms with Gasteiger partial charge in [-0.15, -0.1) is 0 Å². The Morgan fingerprint density at radius 2 is 1.89 bits per heavy atom. The Morgan fingerprint density at radius 3 is 2.44 bits per heavy atom. The average molecular weight is 261 g/mol. The summed E-state index contributed by atoms with van der Waals surface area (Å²) in [5, 5.41) is 0. The number of hydrogen-bond donors (Lipinski definition) is 0. The summed E-state index contributed by atoms with van der Waals surface area (Å²) in [7, 11) is 1.56. The van der Waals surface area contributed by atoms with Gasteiger partial charge in [0.05, 0.1) is 19.8 Å². The molecule has 1 amide bonds. The zero-order chi connectivity index (χ0) is 13.8. The second kappa shape index (κ2) is 11.0. The largest absolute Gasteiger partial charge is 0.465 e. The number of carbonyl (C=O) groups is 2. The van der Waals surface area contributed by atoms with Crippen molar-refractivity contribution >= 4 is 11.9 Å². The molecule has 18 heavy (non-hydrogen) atoms. The number of amides is 1. The summed E-state index contributed by atoms with van der Waals surface area (Å²) < 4.78 is 14.8. The van der Waals surface area contributed by atoms with Crippen LogP contribution in [-0.4, -0.2) is 63.4 Å². The molecule has 0 unspecified atom stereocenters. The van der Waals surface area contributed by atoms with Crippen LogP contribution in [0, 0.1) is 0 Å². The lowest BCUT2D eigenvalue weighted by Gasteiger charge is -2.20. The molecule has 0 saturated heterocycles. The third-order valence-corrected chi connectivity index (χ3v) is 2.13. The van der Waals surface area contributed by atoms with Crippen molar-refractivity contribution in [1.29, 1.82) is 0 Å². The lowest BCUT2D eigenvalue weighted by Crippen LogP contribution is -2.39. The van der Waals surface area contributed by atoms with Gasteiger partial charge in [0.25, 0.3) is 0 Å². The summed E-state index contributed by atoms with van der Waals surface area (Å²) in [5.74, 6) is -0.600. The Bertz CT molecular complexity index is 245. The molecule has 0 aliphatic heterocycles. The molecule has 0 aliphatic rings. The third kappa shape index (κ3) is 8.03. The fourth-order valence-electron chi connectivity index (χ4n) is 1.32. The van der Waals surface area contributed by atoms with E-state index in [-0.39, 0.29) is 19.1 Å². The van der Waals surface area contributed by atoms with E-state index in [9.17, 15) is 9.59 Å². The van der Waals surface area contributed by atoms with E-state index in [1.807, 2.05) is 6.92 Å². The van der Waals surface area contributed by atoms with E-state index in [1.165, 1.54) is 4.90 Å². The first-order chi connectivity index (χ1) is 8.65. The molecule has 0 aliphatic carbocycles. The number of carbonyl (C=O) groups excluding carboxylic acids is 2. The van der Waals surface area contributed by atoms with E-state index in [0.29, 0.717) is 26.4 Å². The van der Waals surface area contributed by atoms with Gasteiger partial charge >= 0.3 is 5.97 Å². The highest BCUT2D eigenvalue weighted by Gasteiger charge is 2.16. The monoisotopic (exact) mass is 261 g/mol. The molecule has 0 radical (unpaired) electrons. The number of hydrogen-bond acceptors (Lipinski definition) is 5. The van der Waals surface area contributed by atoms with Gasteiger partial charge in [0, 0.05) is 13.7 Å². The molecule has 6 heteroatoms. The maximum absolute atomic E-state index is 11.8. The van der Waals surface area contributed by atoms with Gasteiger partial charge in [0.1, 0.15) is 13.2 Å². The number of methoxy groups -OCH3 is 1. The molecule has 0 spiro atoms. The van der Waals surface area contributed by atoms with Crippen LogP contribution < -0.4 is 0 Å². The molecule has 0 aromatic carbocycles. The second-order valence-electron chi connectivity index (χ2n) is 3.67. The lowest BCUT2D eigenvalue weighted by molar-refractivity contribution is -0.150. The van der Waals surface area contributed by atoms with Gasteiger partial charge in [-0.25, -0.2) is 0 Å². The predicted octanol–water partition coefficient (Wildman–Crippen LogP) is 0.451. The zero-order valence-corrected chi connectivity index (χ0v) is 11.4. The SMILES string of the molecule is CCCN(CC(=O)OCC)C(=O)COCCOC. The van der Waals surface area contributed by atoms with E-state index in [1.54, 1.807) is 14.0 Å². The minimum Gasteiger partial charge on any atom is -0.465 e. The van der Waals surface area contributed by atoms with Crippen LogP contribution in [0.25, 0.3) is 0 Å². The summed E-state index contributed by atoms with van der Waals surface area (Å²) in [6.45, 7) is 5.26. The summed E-state index contributed by atoms with van der Waals surface area (Å²) in [4.78, 5) is 24.6. The van der Waals surface area contributed by atoms with Crippen LogP contribution >= 0.6 is 0 Å². The summed E-state index contributed by atoms with van der Waals surface area (Å²) in [6.07, 6.45) is 0.781. The van der Waals surface area contributed by atoms with Crippen LogP contribution in [-0.2, 0) is 23.8 Å². The molecule has 0 N–H and O–H groups in total. The fourth-order valence-corrected chi connectivity index (χ4v) is 1.32. The van der Waals surface area contributed by atoms with Gasteiger partial charge < -0.3 is 19.1 Å². The first-order valence-electron chi connectivity index (χ1n) is 6.15. The van der Waals surface area contributed by atoms with Gasteiger partial charge in [0.2, 0.25) is 5.91 Å². The van der Waals surface area contributed by atoms with Crippen molar-refractivity contribution in [3.05, 3.63) is 0 Å². The van der Waals surface area contributed by atoms with Crippen molar-refractivity contribution in [2.24, 2.45) is 0 Å². The molecule has 0 rings (SSSR count). The quantitative estimate of drug-likeness (QED) is 0.422. The van der Waals surface area contributed by atoms with E-state index < -0.39 is 5.97 Å². The van der Waals surface area contributed by atoms with Crippen LogP contribution in [0.4, 0.5) is 0 Å². The minimum absolute atomic E-state index is 0.0197. The van der Waals surface area contributed by atoms with Gasteiger partial charge in [-0.2, -0.15) is 0 Å². The highest BCUT2D eigenvalue weighted by Crippen LogP contribution is 1.96. The Morgan fingerprint density at radius 1 is 1.17 bits per heavy atom. The Labute approximate surface area is 108 Å². The molecule has 0 aromatic rings. The fraction of sp³-hybridized carbons (Fsp3) is 0.833. The van der Waals surface area contributed by atoms with E-state index >= 15 is 0 Å². The molecular formula is C12H23NO5. The molecule has 0 heterocycles. The van der Waals surface area contributed by atoms with Crippen LogP contribution in [0.1, 0.15) is 20.3 Å². The van der Waals surface area contributed by atoms with Crippen LogP contribution in [0.15, 0.2) is 0 Å². The second-order valence-corrected chi connectivity index (χ2v) is 3.67. The number of ether oxygens (including phenoxy) is 3. The number of nitrogens with zero attached hydrogens (tertiary/aromatic N) is 1. The normalized spacial score (nSPS) is 10.2. The molecule has 0 fully saturated rings. The van der Waals surface area contributed by atoms with Gasteiger partial charge in [-0.05, 0) is 13.3 Å². The number of rotatable bonds is 10. The van der Waals surface area contributed by atoms with Gasteiger partial charge in [-0.1, -0.05) is 6.92 Å². The van der Waals surface area contributed by atoms with E-state index in [0.717, 1.165) is 6.42 Å². The molecule has 106 valence electrons. The smallest absolute Gasteiger partial charge is 0.325 e. The maximum atomic E-state index is 11.8. The van der Waals surface area contributed by atoms with Crippen LogP contribution in [0.2, 0.25) is 0 Å². The molecule has 0 bridgehead atoms. The standard InChI is InChI=1S/C12H23NO5/c1-4-6-13(9-12(15)18-5-2)11(14)10-17-8-7-16-3/h4-10H2,1-3H3. The lowest BCUT2D eigenvalue weighted by atomic mass is 10.4. The third-order valence-electron chi connectivity index (χ3n) is 2.13. The summed E-state index contributed by atoms with van der Waals surface area (Å²) in [5.41, 5.74) is 0. The summed E-state index contributed by atoms with van der Waals surface area (Å²) in [6, 6.07) is 0. The molecule has 6 nitrogen and oxygen atoms in total. The van der Waals surface area contributed by atoms with E-state index in [4.69, 9.17) is 14.2 Å². The van der Waals surface area contributed by atoms with Crippen molar-refractivity contribution < 1.29 is 23.8 Å². The predicted molar refractivity (Wildman–Crippen MR) is 66.2 cm³/mol. The van der Waals surface area contributed by atoms with E-state index in [2.05, 4.69) is 0 Å². The minimum atomic E-state index is -0.392. The Balaban J connectivity index is 4.05. The molecule has 0 aromatic heterocycles. The van der Waals surface area contributed by atoms with Crippen molar-refractivity contribution in [2.45, 2.75) is 20.3 Å². The van der Waals surface area contributed by atoms with Crippen LogP contribution in [0.3, 0.4) is 0 Å². The van der Waals surface area contributed by atoms with Crippen molar-refractivity contribution in [2.75, 3.05) is 46.6 Å². The highest BCUT2D eigenvalue weighted by atomic mass is 16.5. The molecule has 0 saturated carbocycles. The van der Waals surface area contributed by atoms with Crippen molar-refractivity contribution in [1.82, 2.24) is 4.90 Å². The molecule has 0 atom stereocenters. The first kappa shape index (κ1) is 16.9. The number of esters is 1. The highest BCUT2D eigenvalue weighted by molar-refractivity contribution is 5.82. The van der Waals surface area contributed by atoms with Crippen molar-refractivity contribution in [3.63, 3.8) is 0 Å². The van der Waals surface area contributed by atoms with Gasteiger partial charge in [-0.3, -0.25) is 9.59 Å². The Hall–Kier alpha value is -1.14. The zero-order valence-electron chi connectivity index (χ0n) is 11.4. The maximum Gasteiger partial charge on any atom is 0.325 e. The average Bonchev–Trinajstić information content (AvgIpc) is 2.34. The van der Waals surface area contributed by atoms with Crippen molar-refractivity contribution in [3.8, 4) is 0 Å². The van der Waals surface area contributed by atoms with Gasteiger partial charge in [0.15, 0.2) is 0 Å². The van der Waals surface area contributed by atoms with Crippen LogP contribution in [0.5, 0.6) is 0 Å². The summed E-state index contributed by atoms with van der Waals surface area (Å²) >= 11 is 0. The molecular weight excluding hydrogens is 238 g/mol.